The molecule has 112 valence electrons. The minimum Gasteiger partial charge on any atom is -0.308 e. The summed E-state index contributed by atoms with van der Waals surface area (Å²) in [5.41, 5.74) is 0.876. The van der Waals surface area contributed by atoms with Gasteiger partial charge in [-0.3, -0.25) is 4.90 Å². The van der Waals surface area contributed by atoms with Crippen molar-refractivity contribution in [2.45, 2.75) is 96.2 Å². The Labute approximate surface area is 120 Å². The van der Waals surface area contributed by atoms with E-state index in [1.807, 2.05) is 0 Å². The van der Waals surface area contributed by atoms with E-state index in [1.165, 1.54) is 64.5 Å². The van der Waals surface area contributed by atoms with E-state index in [-0.39, 0.29) is 0 Å². The van der Waals surface area contributed by atoms with Gasteiger partial charge in [-0.05, 0) is 39.0 Å². The molecule has 0 bridgehead atoms. The van der Waals surface area contributed by atoms with Crippen LogP contribution in [0, 0.1) is 0 Å². The number of nitrogens with zero attached hydrogens (tertiary/aromatic N) is 1. The minimum absolute atomic E-state index is 0.436. The van der Waals surface area contributed by atoms with Crippen molar-refractivity contribution >= 4 is 0 Å². The van der Waals surface area contributed by atoms with Gasteiger partial charge in [-0.2, -0.15) is 0 Å². The Hall–Kier alpha value is -0.0800. The molecule has 2 nitrogen and oxygen atoms in total. The van der Waals surface area contributed by atoms with Gasteiger partial charge in [0, 0.05) is 30.2 Å². The highest BCUT2D eigenvalue weighted by Crippen LogP contribution is 2.37. The first-order valence-electron chi connectivity index (χ1n) is 8.63. The van der Waals surface area contributed by atoms with Crippen LogP contribution < -0.4 is 5.32 Å². The van der Waals surface area contributed by atoms with Crippen LogP contribution in [0.3, 0.4) is 0 Å². The van der Waals surface area contributed by atoms with Crippen molar-refractivity contribution in [2.75, 3.05) is 13.1 Å². The fourth-order valence-electron chi connectivity index (χ4n) is 4.57. The van der Waals surface area contributed by atoms with E-state index in [1.54, 1.807) is 0 Å². The van der Waals surface area contributed by atoms with Gasteiger partial charge in [-0.1, -0.05) is 40.0 Å². The molecule has 1 aliphatic heterocycles. The van der Waals surface area contributed by atoms with Crippen LogP contribution in [-0.4, -0.2) is 35.1 Å². The molecule has 0 amide bonds. The number of rotatable bonds is 4. The van der Waals surface area contributed by atoms with Crippen LogP contribution >= 0.6 is 0 Å². The Bertz CT molecular complexity index is 269. The summed E-state index contributed by atoms with van der Waals surface area (Å²) in [7, 11) is 0. The maximum absolute atomic E-state index is 3.92. The standard InChI is InChI=1S/C17H34N2/c1-5-17(6-2,7-3)19-14-16(18-13-15(19)4)11-9-8-10-12-16/h15,18H,5-14H2,1-4H3. The molecule has 1 N–H and O–H groups in total. The highest BCUT2D eigenvalue weighted by atomic mass is 15.3. The molecule has 1 unspecified atom stereocenters. The molecule has 2 rings (SSSR count). The number of hydrogen-bond donors (Lipinski definition) is 1. The monoisotopic (exact) mass is 266 g/mol. The second kappa shape index (κ2) is 6.13. The molecule has 1 heterocycles. The first-order valence-corrected chi connectivity index (χ1v) is 8.63. The van der Waals surface area contributed by atoms with E-state index in [2.05, 4.69) is 37.9 Å². The van der Waals surface area contributed by atoms with Crippen molar-refractivity contribution < 1.29 is 0 Å². The third kappa shape index (κ3) is 2.85. The lowest BCUT2D eigenvalue weighted by molar-refractivity contribution is -0.0289. The van der Waals surface area contributed by atoms with Crippen molar-refractivity contribution in [3.05, 3.63) is 0 Å². The number of hydrogen-bond acceptors (Lipinski definition) is 2. The average molecular weight is 266 g/mol. The van der Waals surface area contributed by atoms with Crippen LogP contribution in [0.1, 0.15) is 79.1 Å². The lowest BCUT2D eigenvalue weighted by atomic mass is 9.76. The van der Waals surface area contributed by atoms with E-state index >= 15 is 0 Å². The van der Waals surface area contributed by atoms with Crippen LogP contribution in [0.25, 0.3) is 0 Å². The fraction of sp³-hybridized carbons (Fsp3) is 1.00. The predicted molar refractivity (Wildman–Crippen MR) is 83.6 cm³/mol. The number of nitrogens with one attached hydrogen (secondary N) is 1. The summed E-state index contributed by atoms with van der Waals surface area (Å²) >= 11 is 0. The van der Waals surface area contributed by atoms with E-state index in [0.29, 0.717) is 17.1 Å². The van der Waals surface area contributed by atoms with Gasteiger partial charge in [0.15, 0.2) is 0 Å². The van der Waals surface area contributed by atoms with Gasteiger partial charge in [-0.15, -0.1) is 0 Å². The molecule has 1 aliphatic carbocycles. The first kappa shape index (κ1) is 15.3. The molecule has 1 atom stereocenters. The van der Waals surface area contributed by atoms with Crippen LogP contribution in [0.4, 0.5) is 0 Å². The predicted octanol–water partition coefficient (Wildman–Crippen LogP) is 3.95. The topological polar surface area (TPSA) is 15.3 Å². The molecule has 1 spiro atoms. The maximum atomic E-state index is 3.92. The van der Waals surface area contributed by atoms with Crippen molar-refractivity contribution in [2.24, 2.45) is 0 Å². The van der Waals surface area contributed by atoms with E-state index < -0.39 is 0 Å². The van der Waals surface area contributed by atoms with Gasteiger partial charge < -0.3 is 5.32 Å². The lowest BCUT2D eigenvalue weighted by Crippen LogP contribution is -2.69. The normalized spacial score (nSPS) is 28.7. The molecule has 0 aromatic heterocycles. The highest BCUT2D eigenvalue weighted by Gasteiger charge is 2.44. The molecule has 2 fully saturated rings. The van der Waals surface area contributed by atoms with Crippen molar-refractivity contribution in [3.63, 3.8) is 0 Å². The molecule has 0 aromatic rings. The smallest absolute Gasteiger partial charge is 0.0309 e. The highest BCUT2D eigenvalue weighted by molar-refractivity contribution is 5.03. The summed E-state index contributed by atoms with van der Waals surface area (Å²) in [5, 5.41) is 3.92. The molecule has 0 aromatic carbocycles. The van der Waals surface area contributed by atoms with Gasteiger partial charge in [0.25, 0.3) is 0 Å². The Kier molecular flexibility index (Phi) is 4.94. The Morgan fingerprint density at radius 2 is 1.63 bits per heavy atom. The van der Waals surface area contributed by atoms with E-state index in [9.17, 15) is 0 Å². The van der Waals surface area contributed by atoms with Gasteiger partial charge in [-0.25, -0.2) is 0 Å². The van der Waals surface area contributed by atoms with Crippen LogP contribution in [-0.2, 0) is 0 Å². The Morgan fingerprint density at radius 1 is 1.05 bits per heavy atom. The van der Waals surface area contributed by atoms with Crippen molar-refractivity contribution in [3.8, 4) is 0 Å². The molecular formula is C17H34N2. The quantitative estimate of drug-likeness (QED) is 0.829. The summed E-state index contributed by atoms with van der Waals surface area (Å²) in [6.07, 6.45) is 11.0. The minimum atomic E-state index is 0.436. The summed E-state index contributed by atoms with van der Waals surface area (Å²) in [5.74, 6) is 0. The molecule has 2 heteroatoms. The third-order valence-electron chi connectivity index (χ3n) is 6.17. The second-order valence-corrected chi connectivity index (χ2v) is 6.98. The molecule has 0 radical (unpaired) electrons. The molecule has 1 saturated carbocycles. The number of piperazine rings is 1. The summed E-state index contributed by atoms with van der Waals surface area (Å²) < 4.78 is 0. The summed E-state index contributed by atoms with van der Waals surface area (Å²) in [4.78, 5) is 2.87. The average Bonchev–Trinajstić information content (AvgIpc) is 2.46. The maximum Gasteiger partial charge on any atom is 0.0309 e. The second-order valence-electron chi connectivity index (χ2n) is 6.98. The largest absolute Gasteiger partial charge is 0.308 e. The first-order chi connectivity index (χ1) is 9.11. The Morgan fingerprint density at radius 3 is 2.16 bits per heavy atom. The summed E-state index contributed by atoms with van der Waals surface area (Å²) in [6.45, 7) is 12.0. The van der Waals surface area contributed by atoms with Crippen LogP contribution in [0.5, 0.6) is 0 Å². The van der Waals surface area contributed by atoms with Crippen LogP contribution in [0.15, 0.2) is 0 Å². The van der Waals surface area contributed by atoms with E-state index in [4.69, 9.17) is 0 Å². The molecule has 19 heavy (non-hydrogen) atoms. The zero-order chi connectivity index (χ0) is 13.9. The van der Waals surface area contributed by atoms with Gasteiger partial charge in [0.1, 0.15) is 0 Å². The van der Waals surface area contributed by atoms with Crippen molar-refractivity contribution in [1.82, 2.24) is 10.2 Å². The van der Waals surface area contributed by atoms with Gasteiger partial charge in [0.05, 0.1) is 0 Å². The van der Waals surface area contributed by atoms with Gasteiger partial charge >= 0.3 is 0 Å². The molecular weight excluding hydrogens is 232 g/mol. The summed E-state index contributed by atoms with van der Waals surface area (Å²) in [6, 6.07) is 0.687. The zero-order valence-electron chi connectivity index (χ0n) is 13.6. The molecule has 1 saturated heterocycles. The molecule has 2 aliphatic rings. The van der Waals surface area contributed by atoms with Gasteiger partial charge in [0.2, 0.25) is 0 Å². The van der Waals surface area contributed by atoms with E-state index in [0.717, 1.165) is 0 Å². The Balaban J connectivity index is 2.17. The fourth-order valence-corrected chi connectivity index (χ4v) is 4.57. The van der Waals surface area contributed by atoms with Crippen LogP contribution in [0.2, 0.25) is 0 Å². The van der Waals surface area contributed by atoms with Crippen molar-refractivity contribution in [1.29, 1.82) is 0 Å². The lowest BCUT2D eigenvalue weighted by Gasteiger charge is -2.56. The third-order valence-corrected chi connectivity index (χ3v) is 6.17. The SMILES string of the molecule is CCC(CC)(CC)N1CC2(CCCCC2)NCC1C. The zero-order valence-corrected chi connectivity index (χ0v) is 13.6.